The van der Waals surface area contributed by atoms with E-state index < -0.39 is 11.9 Å². The van der Waals surface area contributed by atoms with E-state index in [2.05, 4.69) is 4.98 Å². The highest BCUT2D eigenvalue weighted by atomic mass is 16.5. The zero-order valence-electron chi connectivity index (χ0n) is 11.6. The maximum atomic E-state index is 10.9. The van der Waals surface area contributed by atoms with Crippen molar-refractivity contribution in [3.63, 3.8) is 0 Å². The molecule has 4 N–H and O–H groups in total. The number of hydrogen-bond acceptors (Lipinski definition) is 3. The van der Waals surface area contributed by atoms with E-state index in [9.17, 15) is 4.79 Å². The zero-order chi connectivity index (χ0) is 14.5. The number of carboxylic acids is 1. The minimum absolute atomic E-state index is 0.400. The lowest BCUT2D eigenvalue weighted by Gasteiger charge is -2.04. The van der Waals surface area contributed by atoms with E-state index in [1.54, 1.807) is 6.92 Å². The number of aromatic nitrogens is 1. The number of benzene rings is 1. The van der Waals surface area contributed by atoms with Gasteiger partial charge in [-0.2, -0.15) is 0 Å². The van der Waals surface area contributed by atoms with Crippen LogP contribution in [-0.2, 0) is 11.2 Å². The topological polar surface area (TPSA) is 88.3 Å². The summed E-state index contributed by atoms with van der Waals surface area (Å²) in [6.45, 7) is 2.92. The van der Waals surface area contributed by atoms with Gasteiger partial charge in [-0.05, 0) is 37.2 Å². The van der Waals surface area contributed by atoms with E-state index in [1.807, 2.05) is 24.3 Å². The Morgan fingerprint density at radius 1 is 1.45 bits per heavy atom. The molecule has 108 valence electrons. The molecule has 1 unspecified atom stereocenters. The summed E-state index contributed by atoms with van der Waals surface area (Å²) in [5, 5.41) is 9.97. The number of aliphatic carboxylic acids is 1. The fourth-order valence-electron chi connectivity index (χ4n) is 2.06. The molecule has 2 aromatic rings. The minimum atomic E-state index is -0.783. The number of rotatable bonds is 7. The first kappa shape index (κ1) is 14.4. The van der Waals surface area contributed by atoms with Crippen LogP contribution in [0.3, 0.4) is 0 Å². The maximum absolute atomic E-state index is 10.9. The molecule has 0 saturated carbocycles. The Hall–Kier alpha value is -2.01. The third-order valence-electron chi connectivity index (χ3n) is 3.21. The predicted molar refractivity (Wildman–Crippen MR) is 78.0 cm³/mol. The molecule has 0 aliphatic heterocycles. The molecular weight excluding hydrogens is 256 g/mol. The maximum Gasteiger partial charge on any atom is 0.306 e. The molecule has 1 atom stereocenters. The summed E-state index contributed by atoms with van der Waals surface area (Å²) in [5.74, 6) is -0.374. The number of hydrogen-bond donors (Lipinski definition) is 3. The number of H-pyrrole nitrogens is 1. The number of ether oxygens (including phenoxy) is 1. The van der Waals surface area contributed by atoms with Gasteiger partial charge in [-0.25, -0.2) is 0 Å². The SMILES string of the molecule is CC(Cc1cc2cc(OCCCN)ccc2[nH]1)C(=O)O. The second kappa shape index (κ2) is 6.43. The molecule has 0 spiro atoms. The van der Waals surface area contributed by atoms with Gasteiger partial charge in [0.15, 0.2) is 0 Å². The lowest BCUT2D eigenvalue weighted by Crippen LogP contribution is -2.12. The van der Waals surface area contributed by atoms with Gasteiger partial charge in [0.1, 0.15) is 5.75 Å². The molecule has 0 fully saturated rings. The minimum Gasteiger partial charge on any atom is -0.494 e. The molecule has 1 aromatic carbocycles. The normalized spacial score (nSPS) is 12.5. The fraction of sp³-hybridized carbons (Fsp3) is 0.400. The van der Waals surface area contributed by atoms with Crippen LogP contribution in [0.15, 0.2) is 24.3 Å². The summed E-state index contributed by atoms with van der Waals surface area (Å²) in [4.78, 5) is 14.1. The van der Waals surface area contributed by atoms with E-state index >= 15 is 0 Å². The van der Waals surface area contributed by atoms with Crippen LogP contribution in [-0.4, -0.2) is 29.2 Å². The van der Waals surface area contributed by atoms with Crippen LogP contribution in [0.4, 0.5) is 0 Å². The molecule has 5 heteroatoms. The Kier molecular flexibility index (Phi) is 4.63. The van der Waals surface area contributed by atoms with Crippen LogP contribution in [0.2, 0.25) is 0 Å². The Bertz CT molecular complexity index is 592. The van der Waals surface area contributed by atoms with Gasteiger partial charge in [0.05, 0.1) is 12.5 Å². The second-order valence-electron chi connectivity index (χ2n) is 4.98. The van der Waals surface area contributed by atoms with Gasteiger partial charge >= 0.3 is 5.97 Å². The van der Waals surface area contributed by atoms with Crippen molar-refractivity contribution in [3.8, 4) is 5.75 Å². The van der Waals surface area contributed by atoms with Gasteiger partial charge in [-0.15, -0.1) is 0 Å². The van der Waals surface area contributed by atoms with Crippen LogP contribution < -0.4 is 10.5 Å². The van der Waals surface area contributed by atoms with E-state index in [-0.39, 0.29) is 0 Å². The van der Waals surface area contributed by atoms with Gasteiger partial charge in [0.2, 0.25) is 0 Å². The summed E-state index contributed by atoms with van der Waals surface area (Å²) < 4.78 is 5.60. The Labute approximate surface area is 117 Å². The first-order valence-electron chi connectivity index (χ1n) is 6.77. The van der Waals surface area contributed by atoms with Crippen molar-refractivity contribution in [2.45, 2.75) is 19.8 Å². The zero-order valence-corrected chi connectivity index (χ0v) is 11.6. The molecule has 0 bridgehead atoms. The molecule has 0 radical (unpaired) electrons. The first-order chi connectivity index (χ1) is 9.60. The average molecular weight is 276 g/mol. The predicted octanol–water partition coefficient (Wildman–Crippen LogP) is 2.16. The molecule has 0 aliphatic carbocycles. The highest BCUT2D eigenvalue weighted by molar-refractivity contribution is 5.82. The highest BCUT2D eigenvalue weighted by Crippen LogP contribution is 2.23. The Balaban J connectivity index is 2.11. The lowest BCUT2D eigenvalue weighted by molar-refractivity contribution is -0.141. The van der Waals surface area contributed by atoms with Crippen molar-refractivity contribution in [1.29, 1.82) is 0 Å². The molecule has 0 aliphatic rings. The fourth-order valence-corrected chi connectivity index (χ4v) is 2.06. The van der Waals surface area contributed by atoms with Crippen LogP contribution in [0.5, 0.6) is 5.75 Å². The molecule has 0 amide bonds. The third-order valence-corrected chi connectivity index (χ3v) is 3.21. The van der Waals surface area contributed by atoms with Crippen LogP contribution in [0.1, 0.15) is 19.0 Å². The molecule has 1 aromatic heterocycles. The molecule has 5 nitrogen and oxygen atoms in total. The first-order valence-corrected chi connectivity index (χ1v) is 6.77. The summed E-state index contributed by atoms with van der Waals surface area (Å²) in [6.07, 6.45) is 1.32. The van der Waals surface area contributed by atoms with Crippen LogP contribution in [0.25, 0.3) is 10.9 Å². The number of fused-ring (bicyclic) bond motifs is 1. The monoisotopic (exact) mass is 276 g/mol. The number of nitrogens with one attached hydrogen (secondary N) is 1. The molecule has 20 heavy (non-hydrogen) atoms. The van der Waals surface area contributed by atoms with Crippen LogP contribution >= 0.6 is 0 Å². The highest BCUT2D eigenvalue weighted by Gasteiger charge is 2.13. The van der Waals surface area contributed by atoms with Crippen molar-refractivity contribution in [1.82, 2.24) is 4.98 Å². The molecule has 1 heterocycles. The average Bonchev–Trinajstić information content (AvgIpc) is 2.80. The number of carboxylic acid groups (broad SMARTS) is 1. The summed E-state index contributed by atoms with van der Waals surface area (Å²) in [7, 11) is 0. The smallest absolute Gasteiger partial charge is 0.306 e. The number of carbonyl (C=O) groups is 1. The summed E-state index contributed by atoms with van der Waals surface area (Å²) in [6, 6.07) is 7.78. The number of aromatic amines is 1. The van der Waals surface area contributed by atoms with Gasteiger partial charge in [-0.3, -0.25) is 4.79 Å². The van der Waals surface area contributed by atoms with Crippen molar-refractivity contribution in [2.24, 2.45) is 11.7 Å². The van der Waals surface area contributed by atoms with Crippen molar-refractivity contribution in [3.05, 3.63) is 30.0 Å². The quantitative estimate of drug-likeness (QED) is 0.676. The summed E-state index contributed by atoms with van der Waals surface area (Å²) >= 11 is 0. The van der Waals surface area contributed by atoms with Crippen molar-refractivity contribution >= 4 is 16.9 Å². The van der Waals surface area contributed by atoms with Crippen molar-refractivity contribution < 1.29 is 14.6 Å². The second-order valence-corrected chi connectivity index (χ2v) is 4.98. The molecule has 0 saturated heterocycles. The number of nitrogens with two attached hydrogens (primary N) is 1. The Morgan fingerprint density at radius 2 is 2.25 bits per heavy atom. The van der Waals surface area contributed by atoms with E-state index in [1.165, 1.54) is 0 Å². The van der Waals surface area contributed by atoms with Crippen molar-refractivity contribution in [2.75, 3.05) is 13.2 Å². The van der Waals surface area contributed by atoms with Gasteiger partial charge in [0, 0.05) is 23.0 Å². The Morgan fingerprint density at radius 3 is 2.95 bits per heavy atom. The lowest BCUT2D eigenvalue weighted by atomic mass is 10.1. The summed E-state index contributed by atoms with van der Waals surface area (Å²) in [5.41, 5.74) is 7.34. The standard InChI is InChI=1S/C15H20N2O3/c1-10(15(18)19)7-12-8-11-9-13(20-6-2-5-16)3-4-14(11)17-12/h3-4,8-10,17H,2,5-7,16H2,1H3,(H,18,19). The van der Waals surface area contributed by atoms with Gasteiger partial charge in [-0.1, -0.05) is 6.92 Å². The molecular formula is C15H20N2O3. The van der Waals surface area contributed by atoms with E-state index in [0.717, 1.165) is 28.8 Å². The van der Waals surface area contributed by atoms with Gasteiger partial charge in [0.25, 0.3) is 0 Å². The van der Waals surface area contributed by atoms with E-state index in [0.29, 0.717) is 19.6 Å². The van der Waals surface area contributed by atoms with E-state index in [4.69, 9.17) is 15.6 Å². The van der Waals surface area contributed by atoms with Crippen LogP contribution in [0, 0.1) is 5.92 Å². The largest absolute Gasteiger partial charge is 0.494 e. The molecule has 2 rings (SSSR count). The van der Waals surface area contributed by atoms with Gasteiger partial charge < -0.3 is 20.6 Å². The third kappa shape index (κ3) is 3.51.